The number of halogens is 1. The lowest BCUT2D eigenvalue weighted by atomic mass is 9.97. The van der Waals surface area contributed by atoms with Crippen LogP contribution in [-0.4, -0.2) is 57.5 Å². The molecule has 1 saturated heterocycles. The van der Waals surface area contributed by atoms with E-state index in [1.165, 1.54) is 17.7 Å². The van der Waals surface area contributed by atoms with Crippen molar-refractivity contribution in [3.05, 3.63) is 51.8 Å². The largest absolute Gasteiger partial charge is 0.496 e. The van der Waals surface area contributed by atoms with Crippen molar-refractivity contribution >= 4 is 22.9 Å². The fraction of sp³-hybridized carbons (Fsp3) is 0.318. The van der Waals surface area contributed by atoms with E-state index in [2.05, 4.69) is 10.2 Å². The van der Waals surface area contributed by atoms with Gasteiger partial charge in [0.2, 0.25) is 0 Å². The van der Waals surface area contributed by atoms with E-state index in [4.69, 9.17) is 9.84 Å². The molecule has 0 spiro atoms. The van der Waals surface area contributed by atoms with Crippen LogP contribution >= 0.6 is 0 Å². The minimum atomic E-state index is -0.846. The first-order chi connectivity index (χ1) is 14.9. The van der Waals surface area contributed by atoms with E-state index in [1.807, 2.05) is 4.90 Å². The summed E-state index contributed by atoms with van der Waals surface area (Å²) in [6.45, 7) is 1.26. The van der Waals surface area contributed by atoms with E-state index in [9.17, 15) is 9.59 Å². The normalized spacial score (nSPS) is 14.7. The van der Waals surface area contributed by atoms with Gasteiger partial charge in [-0.3, -0.25) is 19.6 Å². The maximum Gasteiger partial charge on any atom is 0.317 e. The van der Waals surface area contributed by atoms with Gasteiger partial charge in [0.1, 0.15) is 17.1 Å². The second-order valence-electron chi connectivity index (χ2n) is 7.66. The number of likely N-dealkylation sites (tertiary alicyclic amines) is 1. The highest BCUT2D eigenvalue weighted by Gasteiger charge is 2.19. The van der Waals surface area contributed by atoms with Crippen LogP contribution in [0.5, 0.6) is 5.75 Å². The SMILES string of the molecule is COc1cc(-c2cn(C)c(=O)c3[nH]ncc23)cc(F)c1C=C1CCN(CC(=O)O)CC1. The number of nitrogens with zero attached hydrogens (tertiary/aromatic N) is 3. The van der Waals surface area contributed by atoms with Gasteiger partial charge in [-0.2, -0.15) is 5.10 Å². The predicted octanol–water partition coefficient (Wildman–Crippen LogP) is 2.64. The summed E-state index contributed by atoms with van der Waals surface area (Å²) in [6.07, 6.45) is 6.36. The van der Waals surface area contributed by atoms with Crippen LogP contribution in [0.1, 0.15) is 18.4 Å². The van der Waals surface area contributed by atoms with Crippen LogP contribution in [0.2, 0.25) is 0 Å². The fourth-order valence-corrected chi connectivity index (χ4v) is 3.98. The lowest BCUT2D eigenvalue weighted by Gasteiger charge is -2.26. The number of aromatic amines is 1. The van der Waals surface area contributed by atoms with Crippen molar-refractivity contribution in [1.29, 1.82) is 0 Å². The van der Waals surface area contributed by atoms with E-state index in [0.29, 0.717) is 59.3 Å². The lowest BCUT2D eigenvalue weighted by molar-refractivity contribution is -0.138. The molecule has 3 aromatic rings. The number of aryl methyl sites for hydroxylation is 1. The van der Waals surface area contributed by atoms with Crippen molar-refractivity contribution in [3.63, 3.8) is 0 Å². The smallest absolute Gasteiger partial charge is 0.317 e. The first-order valence-electron chi connectivity index (χ1n) is 9.91. The predicted molar refractivity (Wildman–Crippen MR) is 115 cm³/mol. The maximum absolute atomic E-state index is 15.2. The van der Waals surface area contributed by atoms with Gasteiger partial charge < -0.3 is 14.4 Å². The molecular weight excluding hydrogens is 403 g/mol. The van der Waals surface area contributed by atoms with Crippen molar-refractivity contribution in [1.82, 2.24) is 19.7 Å². The molecule has 9 heteroatoms. The molecule has 0 amide bonds. The Morgan fingerprint density at radius 2 is 2.10 bits per heavy atom. The van der Waals surface area contributed by atoms with Crippen LogP contribution in [0.15, 0.2) is 34.9 Å². The van der Waals surface area contributed by atoms with E-state index in [-0.39, 0.29) is 12.1 Å². The van der Waals surface area contributed by atoms with Gasteiger partial charge in [0, 0.05) is 37.3 Å². The lowest BCUT2D eigenvalue weighted by Crippen LogP contribution is -2.35. The average molecular weight is 426 g/mol. The van der Waals surface area contributed by atoms with Crippen molar-refractivity contribution in [2.24, 2.45) is 7.05 Å². The number of carbonyl (C=O) groups is 1. The topological polar surface area (TPSA) is 100 Å². The highest BCUT2D eigenvalue weighted by molar-refractivity contribution is 5.94. The summed E-state index contributed by atoms with van der Waals surface area (Å²) in [5.41, 5.74) is 2.81. The van der Waals surface area contributed by atoms with Crippen molar-refractivity contribution in [2.75, 3.05) is 26.7 Å². The molecule has 31 heavy (non-hydrogen) atoms. The molecule has 0 radical (unpaired) electrons. The number of methoxy groups -OCH3 is 1. The van der Waals surface area contributed by atoms with Crippen molar-refractivity contribution in [3.8, 4) is 16.9 Å². The highest BCUT2D eigenvalue weighted by atomic mass is 19.1. The zero-order valence-electron chi connectivity index (χ0n) is 17.3. The summed E-state index contributed by atoms with van der Waals surface area (Å²) in [7, 11) is 3.12. The summed E-state index contributed by atoms with van der Waals surface area (Å²) in [5, 5.41) is 16.2. The van der Waals surface area contributed by atoms with Crippen molar-refractivity contribution in [2.45, 2.75) is 12.8 Å². The fourth-order valence-electron chi connectivity index (χ4n) is 3.98. The number of hydrogen-bond donors (Lipinski definition) is 2. The third-order valence-electron chi connectivity index (χ3n) is 5.61. The van der Waals surface area contributed by atoms with Crippen LogP contribution in [0.25, 0.3) is 28.1 Å². The van der Waals surface area contributed by atoms with Gasteiger partial charge in [-0.1, -0.05) is 5.57 Å². The molecule has 2 aromatic heterocycles. The number of carboxylic acids is 1. The minimum absolute atomic E-state index is 0.0156. The second-order valence-corrected chi connectivity index (χ2v) is 7.66. The third-order valence-corrected chi connectivity index (χ3v) is 5.61. The molecule has 1 aromatic carbocycles. The van der Waals surface area contributed by atoms with Crippen LogP contribution in [0.3, 0.4) is 0 Å². The third kappa shape index (κ3) is 4.09. The molecular formula is C22H23FN4O4. The van der Waals surface area contributed by atoms with Gasteiger partial charge in [0.15, 0.2) is 0 Å². The van der Waals surface area contributed by atoms with Gasteiger partial charge in [-0.25, -0.2) is 4.39 Å². The van der Waals surface area contributed by atoms with E-state index < -0.39 is 11.8 Å². The Balaban J connectivity index is 1.70. The zero-order valence-corrected chi connectivity index (χ0v) is 17.3. The summed E-state index contributed by atoms with van der Waals surface area (Å²) < 4.78 is 22.1. The molecule has 8 nitrogen and oxygen atoms in total. The molecule has 0 atom stereocenters. The number of nitrogens with one attached hydrogen (secondary N) is 1. The van der Waals surface area contributed by atoms with Gasteiger partial charge in [-0.15, -0.1) is 0 Å². The van der Waals surface area contributed by atoms with Crippen LogP contribution < -0.4 is 10.3 Å². The number of pyridine rings is 1. The summed E-state index contributed by atoms with van der Waals surface area (Å²) in [6, 6.07) is 3.18. The molecule has 4 rings (SSSR count). The first-order valence-corrected chi connectivity index (χ1v) is 9.91. The maximum atomic E-state index is 15.2. The number of benzene rings is 1. The Kier molecular flexibility index (Phi) is 5.60. The molecule has 0 saturated carbocycles. The van der Waals surface area contributed by atoms with Gasteiger partial charge in [-0.05, 0) is 36.6 Å². The van der Waals surface area contributed by atoms with Crippen LogP contribution in [0, 0.1) is 5.82 Å². The standard InChI is InChI=1S/C22H23FN4O4/c1-26-11-17(16-10-24-25-21(16)22(26)30)14-8-18(23)15(19(9-14)31-2)7-13-3-5-27(6-4-13)12-20(28)29/h7-11H,3-6,12H2,1-2H3,(H,24,25)(H,28,29). The number of aliphatic carboxylic acids is 1. The minimum Gasteiger partial charge on any atom is -0.496 e. The first kappa shape index (κ1) is 20.8. The van der Waals surface area contributed by atoms with E-state index in [0.717, 1.165) is 5.57 Å². The summed E-state index contributed by atoms with van der Waals surface area (Å²) in [5.74, 6) is -0.887. The Hall–Kier alpha value is -3.46. The number of ether oxygens (including phenoxy) is 1. The number of carboxylic acid groups (broad SMARTS) is 1. The molecule has 162 valence electrons. The zero-order chi connectivity index (χ0) is 22.1. The average Bonchev–Trinajstić information content (AvgIpc) is 3.23. The van der Waals surface area contributed by atoms with Gasteiger partial charge in [0.05, 0.1) is 25.4 Å². The number of aromatic nitrogens is 3. The Morgan fingerprint density at radius 1 is 1.35 bits per heavy atom. The van der Waals surface area contributed by atoms with Crippen LogP contribution in [-0.2, 0) is 11.8 Å². The van der Waals surface area contributed by atoms with Gasteiger partial charge in [0.25, 0.3) is 5.56 Å². The van der Waals surface area contributed by atoms with Crippen LogP contribution in [0.4, 0.5) is 4.39 Å². The molecule has 0 bridgehead atoms. The molecule has 1 fully saturated rings. The quantitative estimate of drug-likeness (QED) is 0.651. The number of H-pyrrole nitrogens is 1. The molecule has 1 aliphatic rings. The van der Waals surface area contributed by atoms with Crippen molar-refractivity contribution < 1.29 is 19.0 Å². The molecule has 0 unspecified atom stereocenters. The Labute approximate surface area is 177 Å². The Morgan fingerprint density at radius 3 is 2.77 bits per heavy atom. The molecule has 3 heterocycles. The molecule has 1 aliphatic heterocycles. The number of rotatable bonds is 5. The van der Waals surface area contributed by atoms with E-state index in [1.54, 1.807) is 31.6 Å². The second kappa shape index (κ2) is 8.35. The highest BCUT2D eigenvalue weighted by Crippen LogP contribution is 2.34. The number of fused-ring (bicyclic) bond motifs is 1. The number of piperidine rings is 1. The molecule has 0 aliphatic carbocycles. The number of hydrogen-bond acceptors (Lipinski definition) is 5. The monoisotopic (exact) mass is 426 g/mol. The molecule has 2 N–H and O–H groups in total. The summed E-state index contributed by atoms with van der Waals surface area (Å²) >= 11 is 0. The van der Waals surface area contributed by atoms with Gasteiger partial charge >= 0.3 is 5.97 Å². The van der Waals surface area contributed by atoms with E-state index >= 15 is 4.39 Å². The summed E-state index contributed by atoms with van der Waals surface area (Å²) in [4.78, 5) is 25.0. The Bertz CT molecular complexity index is 1230.